The second kappa shape index (κ2) is 7.79. The summed E-state index contributed by atoms with van der Waals surface area (Å²) in [6, 6.07) is 20.8. The molecule has 0 fully saturated rings. The lowest BCUT2D eigenvalue weighted by molar-refractivity contribution is 0.102. The molecule has 0 atom stereocenters. The van der Waals surface area contributed by atoms with Gasteiger partial charge in [0, 0.05) is 17.8 Å². The molecule has 0 radical (unpaired) electrons. The lowest BCUT2D eigenvalue weighted by atomic mass is 9.99. The minimum Gasteiger partial charge on any atom is -0.494 e. The van der Waals surface area contributed by atoms with Gasteiger partial charge in [-0.2, -0.15) is 5.26 Å². The summed E-state index contributed by atoms with van der Waals surface area (Å²) in [5, 5.41) is 13.1. The zero-order valence-electron chi connectivity index (χ0n) is 15.6. The predicted molar refractivity (Wildman–Crippen MR) is 111 cm³/mol. The van der Waals surface area contributed by atoms with Crippen molar-refractivity contribution in [3.8, 4) is 22.9 Å². The van der Waals surface area contributed by atoms with Crippen molar-refractivity contribution in [3.05, 3.63) is 84.2 Å². The fourth-order valence-corrected chi connectivity index (χ4v) is 3.13. The third kappa shape index (κ3) is 3.49. The number of nitriles is 1. The van der Waals surface area contributed by atoms with E-state index in [0.29, 0.717) is 16.8 Å². The van der Waals surface area contributed by atoms with Crippen LogP contribution >= 0.6 is 0 Å². The van der Waals surface area contributed by atoms with E-state index >= 15 is 0 Å². The van der Waals surface area contributed by atoms with Crippen molar-refractivity contribution in [2.75, 3.05) is 12.4 Å². The Morgan fingerprint density at radius 2 is 1.93 bits per heavy atom. The maximum atomic E-state index is 12.5. The quantitative estimate of drug-likeness (QED) is 0.566. The zero-order chi connectivity index (χ0) is 20.2. The van der Waals surface area contributed by atoms with Crippen molar-refractivity contribution >= 4 is 22.6 Å². The number of methoxy groups -OCH3 is 1. The van der Waals surface area contributed by atoms with Crippen molar-refractivity contribution in [2.45, 2.75) is 0 Å². The van der Waals surface area contributed by atoms with Crippen LogP contribution in [0.5, 0.6) is 5.75 Å². The van der Waals surface area contributed by atoms with Gasteiger partial charge in [-0.3, -0.25) is 9.78 Å². The molecule has 0 aliphatic carbocycles. The van der Waals surface area contributed by atoms with Crippen molar-refractivity contribution in [3.63, 3.8) is 0 Å². The van der Waals surface area contributed by atoms with Crippen molar-refractivity contribution < 1.29 is 9.53 Å². The number of hydrogen-bond acceptors (Lipinski definition) is 5. The van der Waals surface area contributed by atoms with Crippen molar-refractivity contribution in [1.82, 2.24) is 9.97 Å². The number of pyridine rings is 2. The van der Waals surface area contributed by atoms with Gasteiger partial charge in [-0.05, 0) is 41.5 Å². The number of benzene rings is 2. The van der Waals surface area contributed by atoms with Gasteiger partial charge in [-0.1, -0.05) is 30.3 Å². The van der Waals surface area contributed by atoms with Gasteiger partial charge in [-0.25, -0.2) is 4.98 Å². The molecular formula is C23H16N4O2. The van der Waals surface area contributed by atoms with E-state index in [-0.39, 0.29) is 17.3 Å². The molecule has 1 N–H and O–H groups in total. The van der Waals surface area contributed by atoms with E-state index in [1.54, 1.807) is 31.5 Å². The molecule has 0 unspecified atom stereocenters. The van der Waals surface area contributed by atoms with Gasteiger partial charge in [0.15, 0.2) is 5.82 Å². The Labute approximate surface area is 167 Å². The second-order valence-corrected chi connectivity index (χ2v) is 6.27. The Morgan fingerprint density at radius 1 is 1.10 bits per heavy atom. The number of rotatable bonds is 4. The largest absolute Gasteiger partial charge is 0.494 e. The highest BCUT2D eigenvalue weighted by atomic mass is 16.5. The third-order valence-electron chi connectivity index (χ3n) is 4.53. The van der Waals surface area contributed by atoms with Gasteiger partial charge in [0.25, 0.3) is 5.91 Å². The topological polar surface area (TPSA) is 87.9 Å². The Morgan fingerprint density at radius 3 is 2.62 bits per heavy atom. The second-order valence-electron chi connectivity index (χ2n) is 6.27. The number of carbonyl (C=O) groups is 1. The normalized spacial score (nSPS) is 10.3. The van der Waals surface area contributed by atoms with Crippen LogP contribution in [0.4, 0.5) is 5.82 Å². The summed E-state index contributed by atoms with van der Waals surface area (Å²) >= 11 is 0. The van der Waals surface area contributed by atoms with Crippen LogP contribution in [0.1, 0.15) is 15.9 Å². The number of hydrogen-bond donors (Lipinski definition) is 1. The highest BCUT2D eigenvalue weighted by Gasteiger charge is 2.16. The molecule has 4 rings (SSSR count). The van der Waals surface area contributed by atoms with Crippen LogP contribution in [-0.2, 0) is 0 Å². The average molecular weight is 380 g/mol. The van der Waals surface area contributed by atoms with E-state index in [4.69, 9.17) is 4.74 Å². The first-order valence-electron chi connectivity index (χ1n) is 8.90. The van der Waals surface area contributed by atoms with E-state index < -0.39 is 0 Å². The number of anilines is 1. The summed E-state index contributed by atoms with van der Waals surface area (Å²) < 4.78 is 5.47. The molecule has 4 aromatic rings. The maximum Gasteiger partial charge on any atom is 0.258 e. The van der Waals surface area contributed by atoms with E-state index in [0.717, 1.165) is 16.5 Å². The van der Waals surface area contributed by atoms with Crippen molar-refractivity contribution in [1.29, 1.82) is 5.26 Å². The van der Waals surface area contributed by atoms with Crippen LogP contribution in [0.15, 0.2) is 73.1 Å². The number of aromatic nitrogens is 2. The fourth-order valence-electron chi connectivity index (χ4n) is 3.13. The Bertz CT molecular complexity index is 1230. The first kappa shape index (κ1) is 18.1. The molecule has 1 amide bonds. The lowest BCUT2D eigenvalue weighted by Gasteiger charge is -2.13. The van der Waals surface area contributed by atoms with E-state index in [9.17, 15) is 10.1 Å². The van der Waals surface area contributed by atoms with Crippen LogP contribution in [0.3, 0.4) is 0 Å². The maximum absolute atomic E-state index is 12.5. The number of fused-ring (bicyclic) bond motifs is 1. The summed E-state index contributed by atoms with van der Waals surface area (Å²) in [7, 11) is 1.56. The Hall–Kier alpha value is -4.24. The molecule has 0 aliphatic rings. The minimum absolute atomic E-state index is 0.178. The molecule has 0 aliphatic heterocycles. The molecule has 2 heterocycles. The van der Waals surface area contributed by atoms with Gasteiger partial charge in [-0.15, -0.1) is 0 Å². The molecular weight excluding hydrogens is 364 g/mol. The Kier molecular flexibility index (Phi) is 4.87. The summed E-state index contributed by atoms with van der Waals surface area (Å²) in [6.07, 6.45) is 3.04. The van der Waals surface area contributed by atoms with E-state index in [2.05, 4.69) is 21.4 Å². The monoisotopic (exact) mass is 380 g/mol. The Balaban J connectivity index is 1.87. The zero-order valence-corrected chi connectivity index (χ0v) is 15.6. The molecule has 0 bridgehead atoms. The number of carbonyl (C=O) groups excluding carboxylic acids is 1. The van der Waals surface area contributed by atoms with Crippen LogP contribution in [0.2, 0.25) is 0 Å². The number of amides is 1. The van der Waals surface area contributed by atoms with Crippen LogP contribution in [0.25, 0.3) is 22.0 Å². The third-order valence-corrected chi connectivity index (χ3v) is 4.53. The molecule has 0 spiro atoms. The van der Waals surface area contributed by atoms with Gasteiger partial charge in [0.1, 0.15) is 17.3 Å². The number of nitrogens with zero attached hydrogens (tertiary/aromatic N) is 3. The summed E-state index contributed by atoms with van der Waals surface area (Å²) in [5.41, 5.74) is 3.13. The molecule has 2 aromatic heterocycles. The molecule has 2 aromatic carbocycles. The SMILES string of the molecule is COc1ccc(-c2ccccc2)c2cc(C#N)c(NC(=O)c3cccnc3)nc12. The summed E-state index contributed by atoms with van der Waals surface area (Å²) in [5.74, 6) is 0.345. The van der Waals surface area contributed by atoms with Gasteiger partial charge >= 0.3 is 0 Å². The van der Waals surface area contributed by atoms with Crippen LogP contribution in [0, 0.1) is 11.3 Å². The number of ether oxygens (including phenoxy) is 1. The fraction of sp³-hybridized carbons (Fsp3) is 0.0435. The van der Waals surface area contributed by atoms with Gasteiger partial charge in [0.05, 0.1) is 18.2 Å². The molecule has 0 saturated carbocycles. The smallest absolute Gasteiger partial charge is 0.258 e. The minimum atomic E-state index is -0.389. The molecule has 140 valence electrons. The first-order chi connectivity index (χ1) is 14.2. The van der Waals surface area contributed by atoms with Crippen molar-refractivity contribution in [2.24, 2.45) is 0 Å². The molecule has 29 heavy (non-hydrogen) atoms. The van der Waals surface area contributed by atoms with Crippen LogP contribution in [-0.4, -0.2) is 23.0 Å². The number of nitrogens with one attached hydrogen (secondary N) is 1. The van der Waals surface area contributed by atoms with E-state index in [1.165, 1.54) is 6.20 Å². The lowest BCUT2D eigenvalue weighted by Crippen LogP contribution is -2.14. The highest BCUT2D eigenvalue weighted by molar-refractivity contribution is 6.06. The first-order valence-corrected chi connectivity index (χ1v) is 8.90. The molecule has 6 nitrogen and oxygen atoms in total. The van der Waals surface area contributed by atoms with Gasteiger partial charge < -0.3 is 10.1 Å². The molecule has 0 saturated heterocycles. The molecule has 6 heteroatoms. The predicted octanol–water partition coefficient (Wildman–Crippen LogP) is 4.43. The standard InChI is InChI=1S/C23H16N4O2/c1-29-20-10-9-18(15-6-3-2-4-7-15)19-12-17(13-24)22(26-21(19)20)27-23(28)16-8-5-11-25-14-16/h2-12,14H,1H3,(H,26,27,28). The van der Waals surface area contributed by atoms with Gasteiger partial charge in [0.2, 0.25) is 0 Å². The average Bonchev–Trinajstić information content (AvgIpc) is 2.79. The van der Waals surface area contributed by atoms with E-state index in [1.807, 2.05) is 42.5 Å². The summed E-state index contributed by atoms with van der Waals surface area (Å²) in [4.78, 5) is 21.0. The summed E-state index contributed by atoms with van der Waals surface area (Å²) in [6.45, 7) is 0. The highest BCUT2D eigenvalue weighted by Crippen LogP contribution is 2.35. The van der Waals surface area contributed by atoms with Crippen LogP contribution < -0.4 is 10.1 Å².